The van der Waals surface area contributed by atoms with E-state index < -0.39 is 0 Å². The van der Waals surface area contributed by atoms with Crippen LogP contribution in [0.2, 0.25) is 0 Å². The maximum absolute atomic E-state index is 5.86. The normalized spacial score (nSPS) is 17.1. The molecule has 0 bridgehead atoms. The van der Waals surface area contributed by atoms with Crippen LogP contribution in [0.3, 0.4) is 0 Å². The van der Waals surface area contributed by atoms with E-state index in [-0.39, 0.29) is 0 Å². The van der Waals surface area contributed by atoms with Crippen LogP contribution in [0.25, 0.3) is 0 Å². The van der Waals surface area contributed by atoms with Crippen LogP contribution in [-0.4, -0.2) is 11.4 Å². The Morgan fingerprint density at radius 2 is 2.40 bits per heavy atom. The molecular weight excluding hydrogens is 146 g/mol. The molecule has 0 radical (unpaired) electrons. The minimum atomic E-state index is 0.862. The largest absolute Gasteiger partial charge is 0.339 e. The predicted molar refractivity (Wildman–Crippen MR) is 44.7 cm³/mol. The zero-order valence-electron chi connectivity index (χ0n) is 6.39. The smallest absolute Gasteiger partial charge is 0.104 e. The highest BCUT2D eigenvalue weighted by Crippen LogP contribution is 2.19. The van der Waals surface area contributed by atoms with Crippen LogP contribution < -0.4 is 0 Å². The molecule has 1 heterocycles. The fourth-order valence-corrected chi connectivity index (χ4v) is 1.23. The Balaban J connectivity index is 2.59. The van der Waals surface area contributed by atoms with Gasteiger partial charge in [-0.25, -0.2) is 0 Å². The van der Waals surface area contributed by atoms with Crippen LogP contribution in [0.4, 0.5) is 0 Å². The summed E-state index contributed by atoms with van der Waals surface area (Å²) in [4.78, 5) is 2.07. The van der Waals surface area contributed by atoms with Gasteiger partial charge in [0.1, 0.15) is 5.16 Å². The van der Waals surface area contributed by atoms with E-state index >= 15 is 0 Å². The molecule has 0 aromatic heterocycles. The van der Waals surface area contributed by atoms with Crippen LogP contribution in [0.15, 0.2) is 23.0 Å². The maximum atomic E-state index is 5.86. The Bertz CT molecular complexity index is 178. The Labute approximate surface area is 67.0 Å². The van der Waals surface area contributed by atoms with Crippen LogP contribution in [-0.2, 0) is 0 Å². The molecule has 10 heavy (non-hydrogen) atoms. The monoisotopic (exact) mass is 157 g/mol. The number of nitrogens with zero attached hydrogens (tertiary/aromatic N) is 1. The summed E-state index contributed by atoms with van der Waals surface area (Å²) in [6, 6.07) is 0. The number of hydrogen-bond donors (Lipinski definition) is 0. The molecule has 1 rings (SSSR count). The third kappa shape index (κ3) is 1.77. The molecule has 1 aliphatic heterocycles. The standard InChI is InChI=1S/C8H12ClN/c1-7(2)6-10-5-3-4-8(10)9/h4,6H,3,5H2,1-2H3. The van der Waals surface area contributed by atoms with E-state index in [2.05, 4.69) is 24.9 Å². The highest BCUT2D eigenvalue weighted by molar-refractivity contribution is 6.29. The fraction of sp³-hybridized carbons (Fsp3) is 0.500. The first kappa shape index (κ1) is 7.67. The second-order valence-electron chi connectivity index (χ2n) is 2.72. The van der Waals surface area contributed by atoms with Gasteiger partial charge in [-0.2, -0.15) is 0 Å². The van der Waals surface area contributed by atoms with Crippen LogP contribution in [0, 0.1) is 0 Å². The van der Waals surface area contributed by atoms with Gasteiger partial charge < -0.3 is 4.90 Å². The molecule has 0 fully saturated rings. The Morgan fingerprint density at radius 1 is 1.70 bits per heavy atom. The van der Waals surface area contributed by atoms with Crippen molar-refractivity contribution >= 4 is 11.6 Å². The summed E-state index contributed by atoms with van der Waals surface area (Å²) >= 11 is 5.86. The van der Waals surface area contributed by atoms with E-state index in [0.29, 0.717) is 0 Å². The van der Waals surface area contributed by atoms with E-state index in [1.165, 1.54) is 5.57 Å². The van der Waals surface area contributed by atoms with Gasteiger partial charge in [-0.3, -0.25) is 0 Å². The average molecular weight is 158 g/mol. The highest BCUT2D eigenvalue weighted by atomic mass is 35.5. The van der Waals surface area contributed by atoms with E-state index in [4.69, 9.17) is 11.6 Å². The molecule has 0 saturated carbocycles. The first-order valence-corrected chi connectivity index (χ1v) is 3.85. The van der Waals surface area contributed by atoms with Gasteiger partial charge in [-0.05, 0) is 26.3 Å². The van der Waals surface area contributed by atoms with Crippen molar-refractivity contribution in [2.75, 3.05) is 6.54 Å². The van der Waals surface area contributed by atoms with Crippen LogP contribution in [0.5, 0.6) is 0 Å². The summed E-state index contributed by atoms with van der Waals surface area (Å²) in [5.41, 5.74) is 1.29. The van der Waals surface area contributed by atoms with E-state index in [1.54, 1.807) is 0 Å². The molecule has 0 aromatic carbocycles. The van der Waals surface area contributed by atoms with Gasteiger partial charge in [-0.1, -0.05) is 17.2 Å². The predicted octanol–water partition coefficient (Wildman–Crippen LogP) is 2.70. The van der Waals surface area contributed by atoms with Gasteiger partial charge in [0.2, 0.25) is 0 Å². The lowest BCUT2D eigenvalue weighted by Crippen LogP contribution is -2.08. The SMILES string of the molecule is CC(C)=CN1CCC=C1Cl. The van der Waals surface area contributed by atoms with Crippen LogP contribution >= 0.6 is 11.6 Å². The summed E-state index contributed by atoms with van der Waals surface area (Å²) in [5, 5.41) is 0.862. The van der Waals surface area contributed by atoms with Crippen molar-refractivity contribution in [1.82, 2.24) is 4.90 Å². The lowest BCUT2D eigenvalue weighted by atomic mass is 10.4. The zero-order valence-corrected chi connectivity index (χ0v) is 7.15. The fourth-order valence-electron chi connectivity index (χ4n) is 0.985. The maximum Gasteiger partial charge on any atom is 0.104 e. The Kier molecular flexibility index (Phi) is 2.39. The minimum absolute atomic E-state index is 0.862. The second-order valence-corrected chi connectivity index (χ2v) is 3.10. The third-order valence-corrected chi connectivity index (χ3v) is 1.74. The van der Waals surface area contributed by atoms with Gasteiger partial charge in [0.05, 0.1) is 0 Å². The summed E-state index contributed by atoms with van der Waals surface area (Å²) < 4.78 is 0. The quantitative estimate of drug-likeness (QED) is 0.529. The minimum Gasteiger partial charge on any atom is -0.339 e. The molecule has 0 N–H and O–H groups in total. The molecule has 56 valence electrons. The average Bonchev–Trinajstić information content (AvgIpc) is 2.15. The van der Waals surface area contributed by atoms with Crippen molar-refractivity contribution in [2.24, 2.45) is 0 Å². The van der Waals surface area contributed by atoms with Crippen molar-refractivity contribution in [3.63, 3.8) is 0 Å². The molecule has 0 unspecified atom stereocenters. The number of halogens is 1. The summed E-state index contributed by atoms with van der Waals surface area (Å²) in [7, 11) is 0. The lowest BCUT2D eigenvalue weighted by molar-refractivity contribution is 0.532. The molecular formula is C8H12ClN. The summed E-state index contributed by atoms with van der Waals surface area (Å²) in [6.45, 7) is 5.18. The van der Waals surface area contributed by atoms with E-state index in [0.717, 1.165) is 18.1 Å². The number of rotatable bonds is 1. The van der Waals surface area contributed by atoms with Gasteiger partial charge in [-0.15, -0.1) is 0 Å². The summed E-state index contributed by atoms with van der Waals surface area (Å²) in [6.07, 6.45) is 5.19. The summed E-state index contributed by atoms with van der Waals surface area (Å²) in [5.74, 6) is 0. The Hall–Kier alpha value is -0.430. The van der Waals surface area contributed by atoms with Crippen molar-refractivity contribution < 1.29 is 0 Å². The molecule has 2 heteroatoms. The Morgan fingerprint density at radius 3 is 2.80 bits per heavy atom. The number of hydrogen-bond acceptors (Lipinski definition) is 1. The van der Waals surface area contributed by atoms with Gasteiger partial charge in [0.25, 0.3) is 0 Å². The molecule has 0 amide bonds. The van der Waals surface area contributed by atoms with E-state index in [9.17, 15) is 0 Å². The molecule has 0 aromatic rings. The third-order valence-electron chi connectivity index (χ3n) is 1.37. The molecule has 0 spiro atoms. The van der Waals surface area contributed by atoms with Crippen molar-refractivity contribution in [2.45, 2.75) is 20.3 Å². The van der Waals surface area contributed by atoms with Gasteiger partial charge >= 0.3 is 0 Å². The molecule has 1 aliphatic rings. The first-order chi connectivity index (χ1) is 4.70. The zero-order chi connectivity index (χ0) is 7.56. The van der Waals surface area contributed by atoms with E-state index in [1.807, 2.05) is 6.08 Å². The van der Waals surface area contributed by atoms with Crippen molar-refractivity contribution in [3.05, 3.63) is 23.0 Å². The van der Waals surface area contributed by atoms with Crippen LogP contribution in [0.1, 0.15) is 20.3 Å². The topological polar surface area (TPSA) is 3.24 Å². The lowest BCUT2D eigenvalue weighted by Gasteiger charge is -2.12. The second kappa shape index (κ2) is 3.11. The molecule has 0 aliphatic carbocycles. The first-order valence-electron chi connectivity index (χ1n) is 3.47. The molecule has 0 saturated heterocycles. The molecule has 1 nitrogen and oxygen atoms in total. The number of allylic oxidation sites excluding steroid dienone is 1. The van der Waals surface area contributed by atoms with Crippen molar-refractivity contribution in [1.29, 1.82) is 0 Å². The van der Waals surface area contributed by atoms with Gasteiger partial charge in [0.15, 0.2) is 0 Å². The van der Waals surface area contributed by atoms with Gasteiger partial charge in [0, 0.05) is 12.7 Å². The molecule has 0 atom stereocenters. The van der Waals surface area contributed by atoms with Crippen molar-refractivity contribution in [3.8, 4) is 0 Å². The highest BCUT2D eigenvalue weighted by Gasteiger charge is 2.08.